The minimum atomic E-state index is 0.649. The van der Waals surface area contributed by atoms with Gasteiger partial charge in [-0.2, -0.15) is 0 Å². The van der Waals surface area contributed by atoms with E-state index in [1.807, 2.05) is 97.1 Å². The van der Waals surface area contributed by atoms with E-state index < -0.39 is 0 Å². The van der Waals surface area contributed by atoms with E-state index >= 15 is 0 Å². The average Bonchev–Trinajstić information content (AvgIpc) is 2.71. The second-order valence-electron chi connectivity index (χ2n) is 5.95. The molecule has 0 amide bonds. The molecule has 26 heavy (non-hydrogen) atoms. The number of nitrogens with zero attached hydrogens (tertiary/aromatic N) is 1. The third-order valence-corrected chi connectivity index (χ3v) is 4.08. The third kappa shape index (κ3) is 3.42. The largest absolute Gasteiger partial charge is 0.456 e. The molecular weight excluding hydrogens is 320 g/mol. The van der Waals surface area contributed by atoms with E-state index in [4.69, 9.17) is 15.1 Å². The zero-order valence-corrected chi connectivity index (χ0v) is 14.2. The molecule has 1 heterocycles. The molecule has 3 heteroatoms. The van der Waals surface area contributed by atoms with Gasteiger partial charge in [0.2, 0.25) is 0 Å². The molecule has 4 aromatic rings. The lowest BCUT2D eigenvalue weighted by molar-refractivity contribution is 0.579. The van der Waals surface area contributed by atoms with E-state index in [9.17, 15) is 0 Å². The van der Waals surface area contributed by atoms with Crippen molar-refractivity contribution in [3.8, 4) is 22.6 Å². The van der Waals surface area contributed by atoms with Crippen LogP contribution in [0.4, 0.5) is 11.4 Å². The van der Waals surface area contributed by atoms with Gasteiger partial charge in [0.15, 0.2) is 0 Å². The van der Waals surface area contributed by atoms with Crippen LogP contribution in [0.3, 0.4) is 0 Å². The molecule has 0 aliphatic heterocycles. The standard InChI is InChI=1S/C23H18N2O/c24-20-13-7-8-14-21(20)25-19-15-22(17-9-3-1-4-10-17)26-23(16-19)18-11-5-2-6-12-18/h1-16H,24H2. The van der Waals surface area contributed by atoms with Crippen LogP contribution in [0.25, 0.3) is 22.6 Å². The fraction of sp³-hybridized carbons (Fsp3) is 0. The Labute approximate surface area is 152 Å². The zero-order chi connectivity index (χ0) is 17.8. The highest BCUT2D eigenvalue weighted by molar-refractivity contribution is 5.64. The SMILES string of the molecule is Nc1ccccc1N=c1cc(-c2ccccc2)oc(-c2ccccc2)c1. The van der Waals surface area contributed by atoms with Crippen molar-refractivity contribution < 1.29 is 4.42 Å². The first kappa shape index (κ1) is 15.9. The molecule has 0 fully saturated rings. The van der Waals surface area contributed by atoms with Gasteiger partial charge >= 0.3 is 0 Å². The molecule has 0 unspecified atom stereocenters. The predicted octanol–water partition coefficient (Wildman–Crippen LogP) is 5.43. The first-order valence-corrected chi connectivity index (χ1v) is 8.45. The molecule has 0 radical (unpaired) electrons. The van der Waals surface area contributed by atoms with Gasteiger partial charge in [-0.05, 0) is 12.1 Å². The van der Waals surface area contributed by atoms with Crippen molar-refractivity contribution in [3.05, 3.63) is 102 Å². The van der Waals surface area contributed by atoms with Crippen LogP contribution in [0.5, 0.6) is 0 Å². The fourth-order valence-corrected chi connectivity index (χ4v) is 2.77. The molecular formula is C23H18N2O. The molecule has 0 atom stereocenters. The molecule has 4 rings (SSSR count). The molecule has 3 aromatic carbocycles. The third-order valence-electron chi connectivity index (χ3n) is 4.08. The molecule has 0 bridgehead atoms. The second-order valence-corrected chi connectivity index (χ2v) is 5.95. The number of rotatable bonds is 3. The zero-order valence-electron chi connectivity index (χ0n) is 14.2. The highest BCUT2D eigenvalue weighted by atomic mass is 16.3. The van der Waals surface area contributed by atoms with E-state index in [2.05, 4.69) is 0 Å². The monoisotopic (exact) mass is 338 g/mol. The van der Waals surface area contributed by atoms with E-state index in [1.165, 1.54) is 0 Å². The van der Waals surface area contributed by atoms with Crippen LogP contribution in [0.15, 0.2) is 106 Å². The number of nitrogens with two attached hydrogens (primary N) is 1. The lowest BCUT2D eigenvalue weighted by Crippen LogP contribution is -2.02. The summed E-state index contributed by atoms with van der Waals surface area (Å²) in [5.41, 5.74) is 9.45. The first-order chi connectivity index (χ1) is 12.8. The minimum absolute atomic E-state index is 0.649. The van der Waals surface area contributed by atoms with Crippen LogP contribution in [0.1, 0.15) is 0 Å². The van der Waals surface area contributed by atoms with Crippen molar-refractivity contribution in [2.24, 2.45) is 4.99 Å². The normalized spacial score (nSPS) is 10.5. The fourth-order valence-electron chi connectivity index (χ4n) is 2.77. The summed E-state index contributed by atoms with van der Waals surface area (Å²) in [7, 11) is 0. The Hall–Kier alpha value is -3.59. The van der Waals surface area contributed by atoms with Crippen molar-refractivity contribution in [3.63, 3.8) is 0 Å². The van der Waals surface area contributed by atoms with Gasteiger partial charge in [0, 0.05) is 23.3 Å². The van der Waals surface area contributed by atoms with Crippen LogP contribution < -0.4 is 11.1 Å². The Bertz CT molecular complexity index is 1020. The quantitative estimate of drug-likeness (QED) is 0.507. The van der Waals surface area contributed by atoms with Gasteiger partial charge in [-0.15, -0.1) is 0 Å². The van der Waals surface area contributed by atoms with Crippen LogP contribution in [-0.4, -0.2) is 0 Å². The van der Waals surface area contributed by atoms with Gasteiger partial charge < -0.3 is 10.2 Å². The molecule has 0 saturated heterocycles. The topological polar surface area (TPSA) is 51.5 Å². The predicted molar refractivity (Wildman–Crippen MR) is 106 cm³/mol. The summed E-state index contributed by atoms with van der Waals surface area (Å²) >= 11 is 0. The maximum absolute atomic E-state index is 6.17. The van der Waals surface area contributed by atoms with Gasteiger partial charge in [-0.3, -0.25) is 0 Å². The highest BCUT2D eigenvalue weighted by Gasteiger charge is 2.06. The highest BCUT2D eigenvalue weighted by Crippen LogP contribution is 2.25. The van der Waals surface area contributed by atoms with E-state index in [0.717, 1.165) is 33.7 Å². The van der Waals surface area contributed by atoms with Crippen molar-refractivity contribution in [2.75, 3.05) is 5.73 Å². The number of benzene rings is 3. The molecule has 2 N–H and O–H groups in total. The van der Waals surface area contributed by atoms with E-state index in [1.54, 1.807) is 0 Å². The Morgan fingerprint density at radius 3 is 1.65 bits per heavy atom. The molecule has 0 aliphatic rings. The molecule has 0 aliphatic carbocycles. The Morgan fingerprint density at radius 2 is 1.12 bits per heavy atom. The van der Waals surface area contributed by atoms with Gasteiger partial charge in [0.05, 0.1) is 16.7 Å². The lowest BCUT2D eigenvalue weighted by Gasteiger charge is -2.06. The summed E-state index contributed by atoms with van der Waals surface area (Å²) in [5, 5.41) is 0.798. The molecule has 0 spiro atoms. The van der Waals surface area contributed by atoms with Crippen molar-refractivity contribution in [1.82, 2.24) is 0 Å². The average molecular weight is 338 g/mol. The van der Waals surface area contributed by atoms with E-state index in [0.29, 0.717) is 5.69 Å². The Morgan fingerprint density at radius 1 is 0.615 bits per heavy atom. The summed E-state index contributed by atoms with van der Waals surface area (Å²) in [6.07, 6.45) is 0. The lowest BCUT2D eigenvalue weighted by atomic mass is 10.1. The van der Waals surface area contributed by atoms with E-state index in [-0.39, 0.29) is 0 Å². The smallest absolute Gasteiger partial charge is 0.136 e. The summed E-state index contributed by atoms with van der Waals surface area (Å²) in [6, 6.07) is 31.5. The van der Waals surface area contributed by atoms with Crippen molar-refractivity contribution in [2.45, 2.75) is 0 Å². The number of anilines is 1. The van der Waals surface area contributed by atoms with Crippen LogP contribution in [0, 0.1) is 0 Å². The summed E-state index contributed by atoms with van der Waals surface area (Å²) in [6.45, 7) is 0. The summed E-state index contributed by atoms with van der Waals surface area (Å²) in [5.74, 6) is 1.53. The summed E-state index contributed by atoms with van der Waals surface area (Å²) in [4.78, 5) is 4.73. The maximum atomic E-state index is 6.17. The van der Waals surface area contributed by atoms with Gasteiger partial charge in [-0.25, -0.2) is 4.99 Å². The first-order valence-electron chi connectivity index (χ1n) is 8.45. The number of hydrogen-bond acceptors (Lipinski definition) is 3. The van der Waals surface area contributed by atoms with Gasteiger partial charge in [0.1, 0.15) is 11.5 Å². The Kier molecular flexibility index (Phi) is 4.35. The van der Waals surface area contributed by atoms with Crippen molar-refractivity contribution >= 4 is 11.4 Å². The molecule has 126 valence electrons. The van der Waals surface area contributed by atoms with Crippen LogP contribution in [-0.2, 0) is 0 Å². The maximum Gasteiger partial charge on any atom is 0.136 e. The molecule has 3 nitrogen and oxygen atoms in total. The minimum Gasteiger partial charge on any atom is -0.456 e. The molecule has 1 aromatic heterocycles. The molecule has 0 saturated carbocycles. The number of nitrogen functional groups attached to an aromatic ring is 1. The van der Waals surface area contributed by atoms with Crippen LogP contribution in [0.2, 0.25) is 0 Å². The van der Waals surface area contributed by atoms with Gasteiger partial charge in [0.25, 0.3) is 0 Å². The van der Waals surface area contributed by atoms with Crippen LogP contribution >= 0.6 is 0 Å². The van der Waals surface area contributed by atoms with Gasteiger partial charge in [-0.1, -0.05) is 72.8 Å². The Balaban J connectivity index is 1.93. The number of para-hydroxylation sites is 2. The van der Waals surface area contributed by atoms with Crippen molar-refractivity contribution in [1.29, 1.82) is 0 Å². The second kappa shape index (κ2) is 7.11. The number of hydrogen-bond donors (Lipinski definition) is 1. The summed E-state index contributed by atoms with van der Waals surface area (Å²) < 4.78 is 6.17.